The van der Waals surface area contributed by atoms with Gasteiger partial charge in [-0.15, -0.1) is 0 Å². The van der Waals surface area contributed by atoms with E-state index in [9.17, 15) is 17.6 Å². The van der Waals surface area contributed by atoms with Crippen molar-refractivity contribution in [2.24, 2.45) is 5.92 Å². The van der Waals surface area contributed by atoms with Gasteiger partial charge in [-0.1, -0.05) is 0 Å². The quantitative estimate of drug-likeness (QED) is 0.321. The molecule has 6 rings (SSSR count). The van der Waals surface area contributed by atoms with Crippen molar-refractivity contribution in [1.29, 1.82) is 0 Å². The fourth-order valence-electron chi connectivity index (χ4n) is 4.77. The van der Waals surface area contributed by atoms with Gasteiger partial charge < -0.3 is 14.8 Å². The van der Waals surface area contributed by atoms with Crippen LogP contribution in [0.1, 0.15) is 29.7 Å². The molecule has 4 heterocycles. The summed E-state index contributed by atoms with van der Waals surface area (Å²) in [7, 11) is 0. The molecular weight excluding hydrogens is 518 g/mol. The number of nitrogens with one attached hydrogen (secondary N) is 1. The minimum Gasteiger partial charge on any atom is -0.336 e. The van der Waals surface area contributed by atoms with E-state index in [4.69, 9.17) is 14.6 Å². The number of benzene rings is 1. The van der Waals surface area contributed by atoms with Crippen LogP contribution in [0.15, 0.2) is 42.9 Å². The molecular formula is C26H25F4N7O2. The van der Waals surface area contributed by atoms with Crippen LogP contribution in [0.2, 0.25) is 0 Å². The molecule has 1 saturated carbocycles. The topological polar surface area (TPSA) is 91.9 Å². The Morgan fingerprint density at radius 3 is 2.46 bits per heavy atom. The summed E-state index contributed by atoms with van der Waals surface area (Å²) in [6, 6.07) is 7.74. The first kappa shape index (κ1) is 25.4. The molecule has 204 valence electrons. The lowest BCUT2D eigenvalue weighted by Gasteiger charge is -2.29. The van der Waals surface area contributed by atoms with E-state index in [0.717, 1.165) is 30.2 Å². The zero-order valence-electron chi connectivity index (χ0n) is 21.2. The molecule has 0 atom stereocenters. The van der Waals surface area contributed by atoms with E-state index in [1.165, 1.54) is 30.1 Å². The summed E-state index contributed by atoms with van der Waals surface area (Å²) in [5, 5.41) is 12.3. The Morgan fingerprint density at radius 1 is 1.08 bits per heavy atom. The van der Waals surface area contributed by atoms with Crippen LogP contribution in [0.3, 0.4) is 0 Å². The highest BCUT2D eigenvalue weighted by Gasteiger charge is 2.62. The number of alkyl halides is 3. The molecule has 1 aromatic carbocycles. The third-order valence-electron chi connectivity index (χ3n) is 6.98. The second-order valence-corrected chi connectivity index (χ2v) is 9.71. The number of aromatic nitrogens is 6. The summed E-state index contributed by atoms with van der Waals surface area (Å²) >= 11 is 0. The zero-order chi connectivity index (χ0) is 27.4. The van der Waals surface area contributed by atoms with Gasteiger partial charge in [-0.05, 0) is 56.9 Å². The molecule has 1 aliphatic carbocycles. The number of rotatable bonds is 7. The van der Waals surface area contributed by atoms with Crippen LogP contribution in [0.5, 0.6) is 0 Å². The van der Waals surface area contributed by atoms with Gasteiger partial charge in [-0.25, -0.2) is 23.7 Å². The van der Waals surface area contributed by atoms with Crippen LogP contribution in [-0.4, -0.2) is 48.9 Å². The maximum Gasteiger partial charge on any atom is 0.448 e. The molecule has 0 bridgehead atoms. The first-order valence-electron chi connectivity index (χ1n) is 12.5. The molecule has 0 radical (unpaired) electrons. The molecule has 0 amide bonds. The predicted molar refractivity (Wildman–Crippen MR) is 132 cm³/mol. The average Bonchev–Trinajstić information content (AvgIpc) is 3.28. The number of hydrogen-bond donors (Lipinski definition) is 1. The van der Waals surface area contributed by atoms with E-state index >= 15 is 0 Å². The summed E-state index contributed by atoms with van der Waals surface area (Å²) < 4.78 is 68.7. The lowest BCUT2D eigenvalue weighted by atomic mass is 10.1. The van der Waals surface area contributed by atoms with Gasteiger partial charge in [-0.3, -0.25) is 0 Å². The molecule has 4 aromatic rings. The van der Waals surface area contributed by atoms with Crippen molar-refractivity contribution in [2.75, 3.05) is 18.5 Å². The van der Waals surface area contributed by atoms with Gasteiger partial charge in [0.2, 0.25) is 0 Å². The Bertz CT molecular complexity index is 1500. The maximum absolute atomic E-state index is 14.0. The molecule has 1 aliphatic heterocycles. The molecule has 2 aliphatic rings. The van der Waals surface area contributed by atoms with E-state index in [-0.39, 0.29) is 36.1 Å². The second-order valence-electron chi connectivity index (χ2n) is 9.71. The maximum atomic E-state index is 14.0. The predicted octanol–water partition coefficient (Wildman–Crippen LogP) is 5.20. The SMILES string of the molecule is Cc1c(-c2ccc(F)cc2)nn(CC2CC2)c1Nc1cc(-n2ncc(C3(C(F)(F)F)OCCO3)c2C)ncn1. The van der Waals surface area contributed by atoms with Crippen molar-refractivity contribution in [1.82, 2.24) is 29.5 Å². The minimum atomic E-state index is -4.79. The van der Waals surface area contributed by atoms with Gasteiger partial charge in [0.1, 0.15) is 23.8 Å². The second kappa shape index (κ2) is 9.42. The van der Waals surface area contributed by atoms with Gasteiger partial charge in [0, 0.05) is 23.7 Å². The minimum absolute atomic E-state index is 0.174. The van der Waals surface area contributed by atoms with Crippen LogP contribution in [0.25, 0.3) is 17.1 Å². The molecule has 3 aromatic heterocycles. The van der Waals surface area contributed by atoms with Crippen molar-refractivity contribution >= 4 is 11.6 Å². The van der Waals surface area contributed by atoms with E-state index in [0.29, 0.717) is 29.8 Å². The molecule has 1 saturated heterocycles. The fraction of sp³-hybridized carbons (Fsp3) is 0.385. The largest absolute Gasteiger partial charge is 0.448 e. The van der Waals surface area contributed by atoms with Gasteiger partial charge in [-0.2, -0.15) is 23.4 Å². The number of hydrogen-bond acceptors (Lipinski definition) is 7. The summed E-state index contributed by atoms with van der Waals surface area (Å²) in [4.78, 5) is 8.54. The third-order valence-corrected chi connectivity index (χ3v) is 6.98. The molecule has 39 heavy (non-hydrogen) atoms. The van der Waals surface area contributed by atoms with Crippen LogP contribution in [0, 0.1) is 25.6 Å². The van der Waals surface area contributed by atoms with Crippen molar-refractivity contribution in [3.8, 4) is 17.1 Å². The van der Waals surface area contributed by atoms with Crippen molar-refractivity contribution in [2.45, 2.75) is 45.2 Å². The fourth-order valence-corrected chi connectivity index (χ4v) is 4.77. The first-order chi connectivity index (χ1) is 18.7. The van der Waals surface area contributed by atoms with Crippen molar-refractivity contribution in [3.05, 3.63) is 65.5 Å². The Morgan fingerprint density at radius 2 is 1.79 bits per heavy atom. The lowest BCUT2D eigenvalue weighted by Crippen LogP contribution is -2.43. The van der Waals surface area contributed by atoms with Gasteiger partial charge in [0.05, 0.1) is 36.4 Å². The summed E-state index contributed by atoms with van der Waals surface area (Å²) in [6.07, 6.45) is -0.156. The molecule has 9 nitrogen and oxygen atoms in total. The summed E-state index contributed by atoms with van der Waals surface area (Å²) in [6.45, 7) is 3.77. The molecule has 2 fully saturated rings. The van der Waals surface area contributed by atoms with E-state index in [1.807, 2.05) is 11.6 Å². The Kier molecular flexibility index (Phi) is 6.14. The number of nitrogens with zero attached hydrogens (tertiary/aromatic N) is 6. The highest BCUT2D eigenvalue weighted by Crippen LogP contribution is 2.47. The number of ether oxygens (including phenoxy) is 2. The molecule has 13 heteroatoms. The van der Waals surface area contributed by atoms with E-state index in [1.54, 1.807) is 18.2 Å². The normalized spacial score (nSPS) is 17.1. The van der Waals surface area contributed by atoms with Crippen LogP contribution in [-0.2, 0) is 21.8 Å². The van der Waals surface area contributed by atoms with Gasteiger partial charge in [0.25, 0.3) is 5.79 Å². The molecule has 0 unspecified atom stereocenters. The highest BCUT2D eigenvalue weighted by atomic mass is 19.4. The lowest BCUT2D eigenvalue weighted by molar-refractivity contribution is -0.353. The highest BCUT2D eigenvalue weighted by molar-refractivity contribution is 5.71. The Labute approximate surface area is 220 Å². The van der Waals surface area contributed by atoms with Gasteiger partial charge >= 0.3 is 6.18 Å². The van der Waals surface area contributed by atoms with Crippen molar-refractivity contribution in [3.63, 3.8) is 0 Å². The van der Waals surface area contributed by atoms with Crippen LogP contribution in [0.4, 0.5) is 29.2 Å². The van der Waals surface area contributed by atoms with Crippen LogP contribution < -0.4 is 5.32 Å². The monoisotopic (exact) mass is 543 g/mol. The molecule has 1 N–H and O–H groups in total. The Hall–Kier alpha value is -3.84. The third kappa shape index (κ3) is 4.55. The van der Waals surface area contributed by atoms with Gasteiger partial charge in [0.15, 0.2) is 5.82 Å². The number of halogens is 4. The molecule has 0 spiro atoms. The van der Waals surface area contributed by atoms with E-state index < -0.39 is 12.0 Å². The van der Waals surface area contributed by atoms with Crippen molar-refractivity contribution < 1.29 is 27.0 Å². The van der Waals surface area contributed by atoms with Crippen LogP contribution >= 0.6 is 0 Å². The summed E-state index contributed by atoms with van der Waals surface area (Å²) in [5.74, 6) is -1.29. The average molecular weight is 544 g/mol. The Balaban J connectivity index is 1.34. The van der Waals surface area contributed by atoms with E-state index in [2.05, 4.69) is 20.4 Å². The first-order valence-corrected chi connectivity index (χ1v) is 12.5. The smallest absolute Gasteiger partial charge is 0.336 e. The number of anilines is 2. The summed E-state index contributed by atoms with van der Waals surface area (Å²) in [5.41, 5.74) is 2.29. The zero-order valence-corrected chi connectivity index (χ0v) is 21.2. The standard InChI is InChI=1S/C26H25F4N7O2/c1-15-23(18-5-7-19(27)8-6-18)35-36(13-17-3-4-17)24(15)34-21-11-22(32-14-31-21)37-16(2)20(12-33-37)25(26(28,29)30)38-9-10-39-25/h5-8,11-12,14,17H,3-4,9-10,13H2,1-2H3,(H,31,32,34).